The molecule has 0 heterocycles. The second kappa shape index (κ2) is 4.94. The van der Waals surface area contributed by atoms with E-state index in [-0.39, 0.29) is 0 Å². The lowest BCUT2D eigenvalue weighted by Gasteiger charge is -2.22. The molecule has 3 N–H and O–H groups in total. The van der Waals surface area contributed by atoms with Crippen LogP contribution in [0.1, 0.15) is 19.3 Å². The van der Waals surface area contributed by atoms with E-state index in [1.165, 1.54) is 0 Å². The van der Waals surface area contributed by atoms with Crippen LogP contribution in [0.15, 0.2) is 0 Å². The minimum absolute atomic E-state index is 0.349. The molecule has 0 spiro atoms. The fourth-order valence-corrected chi connectivity index (χ4v) is 1.39. The number of hydrogen-bond donors (Lipinski definition) is 2. The zero-order valence-electron chi connectivity index (χ0n) is 8.02. The average Bonchev–Trinajstić information content (AvgIpc) is 2.94. The van der Waals surface area contributed by atoms with Crippen molar-refractivity contribution >= 4 is 5.97 Å². The predicted molar refractivity (Wildman–Crippen MR) is 50.4 cm³/mol. The fraction of sp³-hybridized carbons (Fsp3) is 0.778. The highest BCUT2D eigenvalue weighted by Crippen LogP contribution is 2.26. The van der Waals surface area contributed by atoms with E-state index in [0.29, 0.717) is 25.6 Å². The van der Waals surface area contributed by atoms with E-state index in [1.54, 1.807) is 0 Å². The van der Waals surface area contributed by atoms with Gasteiger partial charge in [0.1, 0.15) is 6.04 Å². The van der Waals surface area contributed by atoms with Crippen molar-refractivity contribution < 1.29 is 9.90 Å². The lowest BCUT2D eigenvalue weighted by atomic mass is 10.2. The molecule has 0 aromatic heterocycles. The van der Waals surface area contributed by atoms with Gasteiger partial charge >= 0.3 is 5.97 Å². The molecular weight excluding hydrogens is 182 g/mol. The summed E-state index contributed by atoms with van der Waals surface area (Å²) in [4.78, 5) is 12.5. The molecule has 1 aliphatic carbocycles. The molecule has 1 fully saturated rings. The number of nitrogens with two attached hydrogens (primary N) is 1. The molecular formula is C9H15N3O2. The Morgan fingerprint density at radius 2 is 2.36 bits per heavy atom. The van der Waals surface area contributed by atoms with Crippen LogP contribution in [0.5, 0.6) is 0 Å². The standard InChI is InChI=1S/C9H15N3O2/c10-4-1-5-12(7-2-3-7)6-8(11)9(13)14/h7-8H,1-3,5-6,11H2,(H,13,14). The summed E-state index contributed by atoms with van der Waals surface area (Å²) in [7, 11) is 0. The third-order valence-electron chi connectivity index (χ3n) is 2.32. The first-order chi connectivity index (χ1) is 6.65. The van der Waals surface area contributed by atoms with Gasteiger partial charge in [-0.2, -0.15) is 5.26 Å². The van der Waals surface area contributed by atoms with Gasteiger partial charge in [0, 0.05) is 25.6 Å². The highest BCUT2D eigenvalue weighted by atomic mass is 16.4. The smallest absolute Gasteiger partial charge is 0.321 e. The Kier molecular flexibility index (Phi) is 3.86. The lowest BCUT2D eigenvalue weighted by molar-refractivity contribution is -0.139. The largest absolute Gasteiger partial charge is 0.480 e. The van der Waals surface area contributed by atoms with Crippen LogP contribution in [0.2, 0.25) is 0 Å². The first-order valence-corrected chi connectivity index (χ1v) is 4.74. The highest BCUT2D eigenvalue weighted by molar-refractivity contribution is 5.73. The van der Waals surface area contributed by atoms with Crippen molar-refractivity contribution in [3.8, 4) is 6.07 Å². The van der Waals surface area contributed by atoms with Crippen LogP contribution in [0.25, 0.3) is 0 Å². The van der Waals surface area contributed by atoms with Gasteiger partial charge in [-0.1, -0.05) is 0 Å². The summed E-state index contributed by atoms with van der Waals surface area (Å²) < 4.78 is 0. The topological polar surface area (TPSA) is 90.4 Å². The van der Waals surface area contributed by atoms with Gasteiger partial charge < -0.3 is 10.8 Å². The van der Waals surface area contributed by atoms with E-state index in [9.17, 15) is 4.79 Å². The highest BCUT2D eigenvalue weighted by Gasteiger charge is 2.30. The van der Waals surface area contributed by atoms with Crippen LogP contribution >= 0.6 is 0 Å². The van der Waals surface area contributed by atoms with Crippen molar-refractivity contribution in [2.75, 3.05) is 13.1 Å². The number of carboxylic acid groups (broad SMARTS) is 1. The molecule has 0 aromatic carbocycles. The van der Waals surface area contributed by atoms with Gasteiger partial charge in [-0.3, -0.25) is 9.69 Å². The van der Waals surface area contributed by atoms with Gasteiger partial charge in [0.15, 0.2) is 0 Å². The van der Waals surface area contributed by atoms with Crippen LogP contribution in [0.3, 0.4) is 0 Å². The second-order valence-electron chi connectivity index (χ2n) is 3.58. The third-order valence-corrected chi connectivity index (χ3v) is 2.32. The van der Waals surface area contributed by atoms with Gasteiger partial charge in [-0.25, -0.2) is 0 Å². The lowest BCUT2D eigenvalue weighted by Crippen LogP contribution is -2.43. The first kappa shape index (κ1) is 11.0. The number of nitriles is 1. The van der Waals surface area contributed by atoms with Gasteiger partial charge in [0.2, 0.25) is 0 Å². The van der Waals surface area contributed by atoms with E-state index < -0.39 is 12.0 Å². The van der Waals surface area contributed by atoms with Crippen LogP contribution in [-0.4, -0.2) is 41.1 Å². The maximum atomic E-state index is 10.5. The summed E-state index contributed by atoms with van der Waals surface area (Å²) in [5.74, 6) is -0.979. The van der Waals surface area contributed by atoms with Crippen LogP contribution in [0, 0.1) is 11.3 Å². The van der Waals surface area contributed by atoms with Gasteiger partial charge in [-0.15, -0.1) is 0 Å². The summed E-state index contributed by atoms with van der Waals surface area (Å²) in [5.41, 5.74) is 5.43. The number of carboxylic acids is 1. The molecule has 1 aliphatic rings. The van der Waals surface area contributed by atoms with Gasteiger partial charge in [-0.05, 0) is 12.8 Å². The Hall–Kier alpha value is -1.12. The van der Waals surface area contributed by atoms with Crippen molar-refractivity contribution in [3.63, 3.8) is 0 Å². The Morgan fingerprint density at radius 3 is 2.79 bits per heavy atom. The first-order valence-electron chi connectivity index (χ1n) is 4.74. The fourth-order valence-electron chi connectivity index (χ4n) is 1.39. The molecule has 0 amide bonds. The second-order valence-corrected chi connectivity index (χ2v) is 3.58. The quantitative estimate of drug-likeness (QED) is 0.614. The van der Waals surface area contributed by atoms with Gasteiger partial charge in [0.05, 0.1) is 6.07 Å². The molecule has 0 aliphatic heterocycles. The molecule has 1 unspecified atom stereocenters. The number of hydrogen-bond acceptors (Lipinski definition) is 4. The van der Waals surface area contributed by atoms with Crippen molar-refractivity contribution in [3.05, 3.63) is 0 Å². The van der Waals surface area contributed by atoms with E-state index in [4.69, 9.17) is 16.1 Å². The van der Waals surface area contributed by atoms with Crippen molar-refractivity contribution in [2.24, 2.45) is 5.73 Å². The maximum Gasteiger partial charge on any atom is 0.321 e. The molecule has 5 heteroatoms. The number of carbonyl (C=O) groups is 1. The summed E-state index contributed by atoms with van der Waals surface area (Å²) in [6.07, 6.45) is 2.62. The van der Waals surface area contributed by atoms with E-state index in [0.717, 1.165) is 12.8 Å². The van der Waals surface area contributed by atoms with Crippen LogP contribution in [0.4, 0.5) is 0 Å². The van der Waals surface area contributed by atoms with Crippen molar-refractivity contribution in [2.45, 2.75) is 31.3 Å². The average molecular weight is 197 g/mol. The SMILES string of the molecule is N#CCCN(CC(N)C(=O)O)C1CC1. The van der Waals surface area contributed by atoms with E-state index in [2.05, 4.69) is 6.07 Å². The van der Waals surface area contributed by atoms with E-state index in [1.807, 2.05) is 4.90 Å². The minimum atomic E-state index is -0.979. The Balaban J connectivity index is 2.35. The molecule has 1 atom stereocenters. The number of rotatable bonds is 6. The third kappa shape index (κ3) is 3.32. The van der Waals surface area contributed by atoms with Crippen LogP contribution in [-0.2, 0) is 4.79 Å². The van der Waals surface area contributed by atoms with Gasteiger partial charge in [0.25, 0.3) is 0 Å². The molecule has 78 valence electrons. The summed E-state index contributed by atoms with van der Waals surface area (Å²) in [5, 5.41) is 17.1. The molecule has 1 rings (SSSR count). The molecule has 5 nitrogen and oxygen atoms in total. The van der Waals surface area contributed by atoms with Crippen molar-refractivity contribution in [1.29, 1.82) is 5.26 Å². The molecule has 0 aromatic rings. The zero-order chi connectivity index (χ0) is 10.6. The molecule has 1 saturated carbocycles. The zero-order valence-corrected chi connectivity index (χ0v) is 8.02. The normalized spacial score (nSPS) is 17.8. The molecule has 0 radical (unpaired) electrons. The number of aliphatic carboxylic acids is 1. The van der Waals surface area contributed by atoms with Crippen molar-refractivity contribution in [1.82, 2.24) is 4.90 Å². The minimum Gasteiger partial charge on any atom is -0.480 e. The molecule has 14 heavy (non-hydrogen) atoms. The Bertz CT molecular complexity index is 245. The maximum absolute atomic E-state index is 10.5. The monoisotopic (exact) mass is 197 g/mol. The Labute approximate surface area is 83.1 Å². The Morgan fingerprint density at radius 1 is 1.71 bits per heavy atom. The number of nitrogens with zero attached hydrogens (tertiary/aromatic N) is 2. The summed E-state index contributed by atoms with van der Waals surface area (Å²) >= 11 is 0. The van der Waals surface area contributed by atoms with E-state index >= 15 is 0 Å². The predicted octanol–water partition coefficient (Wildman–Crippen LogP) is -0.224. The summed E-state index contributed by atoms with van der Waals surface area (Å²) in [6.45, 7) is 0.976. The molecule has 0 bridgehead atoms. The van der Waals surface area contributed by atoms with Crippen LogP contribution < -0.4 is 5.73 Å². The molecule has 0 saturated heterocycles. The summed E-state index contributed by atoms with van der Waals surface area (Å²) in [6, 6.07) is 1.67.